The Balaban J connectivity index is 3.01. The molecule has 5 heteroatoms. The topological polar surface area (TPSA) is 43.4 Å². The number of carbonyl (C=O) groups is 2. The molecule has 0 saturated heterocycles. The van der Waals surface area contributed by atoms with E-state index in [4.69, 9.17) is 0 Å². The monoisotopic (exact) mass is 214 g/mol. The molecule has 0 atom stereocenters. The first-order valence-corrected chi connectivity index (χ1v) is 4.23. The van der Waals surface area contributed by atoms with Crippen LogP contribution in [0.2, 0.25) is 0 Å². The second-order valence-electron chi connectivity index (χ2n) is 2.65. The summed E-state index contributed by atoms with van der Waals surface area (Å²) in [6.45, 7) is 1.51. The normalized spacial score (nSPS) is 9.80. The van der Waals surface area contributed by atoms with Gasteiger partial charge in [-0.3, -0.25) is 4.79 Å². The van der Waals surface area contributed by atoms with E-state index in [2.05, 4.69) is 4.74 Å². The second kappa shape index (κ2) is 4.63. The lowest BCUT2D eigenvalue weighted by Gasteiger charge is -2.02. The van der Waals surface area contributed by atoms with Crippen molar-refractivity contribution in [1.29, 1.82) is 0 Å². The zero-order valence-electron chi connectivity index (χ0n) is 7.92. The Kier molecular flexibility index (Phi) is 3.49. The Labute approximate surface area is 84.7 Å². The SMILES string of the molecule is CCOC(=O)C(=O)c1cccc(F)c1F. The van der Waals surface area contributed by atoms with Gasteiger partial charge in [-0.2, -0.15) is 0 Å². The van der Waals surface area contributed by atoms with Crippen molar-refractivity contribution in [2.45, 2.75) is 6.92 Å². The average Bonchev–Trinajstić information content (AvgIpc) is 2.21. The molecule has 0 amide bonds. The highest BCUT2D eigenvalue weighted by atomic mass is 19.2. The summed E-state index contributed by atoms with van der Waals surface area (Å²) in [4.78, 5) is 22.2. The van der Waals surface area contributed by atoms with Gasteiger partial charge in [-0.25, -0.2) is 13.6 Å². The Hall–Kier alpha value is -1.78. The number of hydrogen-bond donors (Lipinski definition) is 0. The smallest absolute Gasteiger partial charge is 0.379 e. The molecule has 15 heavy (non-hydrogen) atoms. The van der Waals surface area contributed by atoms with Crippen molar-refractivity contribution in [2.24, 2.45) is 0 Å². The number of rotatable bonds is 3. The zero-order chi connectivity index (χ0) is 11.4. The van der Waals surface area contributed by atoms with E-state index < -0.39 is 29.0 Å². The van der Waals surface area contributed by atoms with Gasteiger partial charge in [0.25, 0.3) is 5.78 Å². The van der Waals surface area contributed by atoms with Crippen LogP contribution in [0, 0.1) is 11.6 Å². The maximum Gasteiger partial charge on any atom is 0.379 e. The zero-order valence-corrected chi connectivity index (χ0v) is 7.92. The second-order valence-corrected chi connectivity index (χ2v) is 2.65. The third-order valence-corrected chi connectivity index (χ3v) is 1.66. The van der Waals surface area contributed by atoms with Crippen LogP contribution in [0.4, 0.5) is 8.78 Å². The van der Waals surface area contributed by atoms with Crippen molar-refractivity contribution in [3.05, 3.63) is 35.4 Å². The molecule has 1 aromatic carbocycles. The van der Waals surface area contributed by atoms with E-state index in [1.54, 1.807) is 0 Å². The highest BCUT2D eigenvalue weighted by molar-refractivity contribution is 6.40. The number of Topliss-reactive ketones (excluding diaryl/α,β-unsaturated/α-hetero) is 1. The third-order valence-electron chi connectivity index (χ3n) is 1.66. The summed E-state index contributed by atoms with van der Waals surface area (Å²) in [5.41, 5.74) is -0.617. The van der Waals surface area contributed by atoms with Crippen molar-refractivity contribution in [2.75, 3.05) is 6.61 Å². The molecule has 3 nitrogen and oxygen atoms in total. The van der Waals surface area contributed by atoms with E-state index in [1.165, 1.54) is 6.92 Å². The van der Waals surface area contributed by atoms with E-state index in [0.29, 0.717) is 0 Å². The molecular weight excluding hydrogens is 206 g/mol. The molecule has 0 spiro atoms. The van der Waals surface area contributed by atoms with Crippen molar-refractivity contribution in [3.63, 3.8) is 0 Å². The van der Waals surface area contributed by atoms with Crippen LogP contribution in [-0.2, 0) is 9.53 Å². The molecule has 0 unspecified atom stereocenters. The van der Waals surface area contributed by atoms with Crippen LogP contribution in [-0.4, -0.2) is 18.4 Å². The van der Waals surface area contributed by atoms with Crippen LogP contribution >= 0.6 is 0 Å². The Morgan fingerprint density at radius 1 is 1.33 bits per heavy atom. The standard InChI is InChI=1S/C10H8F2O3/c1-2-15-10(14)9(13)6-4-3-5-7(11)8(6)12/h3-5H,2H2,1H3. The summed E-state index contributed by atoms with van der Waals surface area (Å²) in [7, 11) is 0. The van der Waals surface area contributed by atoms with Gasteiger partial charge in [-0.15, -0.1) is 0 Å². The van der Waals surface area contributed by atoms with Gasteiger partial charge in [0.1, 0.15) is 0 Å². The minimum atomic E-state index is -1.34. The predicted octanol–water partition coefficient (Wildman–Crippen LogP) is 1.71. The third kappa shape index (κ3) is 2.37. The molecule has 0 fully saturated rings. The summed E-state index contributed by atoms with van der Waals surface area (Å²) in [5, 5.41) is 0. The van der Waals surface area contributed by atoms with Crippen molar-refractivity contribution < 1.29 is 23.1 Å². The highest BCUT2D eigenvalue weighted by Gasteiger charge is 2.22. The summed E-state index contributed by atoms with van der Waals surface area (Å²) in [5.74, 6) is -4.89. The number of ketones is 1. The Morgan fingerprint density at radius 3 is 2.60 bits per heavy atom. The van der Waals surface area contributed by atoms with Gasteiger partial charge in [0.15, 0.2) is 11.6 Å². The molecular formula is C10H8F2O3. The first-order chi connectivity index (χ1) is 7.07. The van der Waals surface area contributed by atoms with E-state index in [1.807, 2.05) is 0 Å². The van der Waals surface area contributed by atoms with E-state index in [9.17, 15) is 18.4 Å². The molecule has 0 saturated carbocycles. The number of halogens is 2. The number of ether oxygens (including phenoxy) is 1. The highest BCUT2D eigenvalue weighted by Crippen LogP contribution is 2.12. The number of hydrogen-bond acceptors (Lipinski definition) is 3. The summed E-state index contributed by atoms with van der Waals surface area (Å²) in [6, 6.07) is 3.03. The van der Waals surface area contributed by atoms with E-state index in [-0.39, 0.29) is 6.61 Å². The van der Waals surface area contributed by atoms with Crippen LogP contribution in [0.25, 0.3) is 0 Å². The van der Waals surface area contributed by atoms with Gasteiger partial charge in [0.05, 0.1) is 12.2 Å². The van der Waals surface area contributed by atoms with Crippen LogP contribution in [0.1, 0.15) is 17.3 Å². The molecule has 0 radical (unpaired) electrons. The summed E-state index contributed by atoms with van der Waals surface area (Å²) in [6.07, 6.45) is 0. The summed E-state index contributed by atoms with van der Waals surface area (Å²) < 4.78 is 30.1. The minimum absolute atomic E-state index is 0.00150. The maximum absolute atomic E-state index is 13.0. The molecule has 0 aliphatic rings. The average molecular weight is 214 g/mol. The van der Waals surface area contributed by atoms with Crippen LogP contribution < -0.4 is 0 Å². The van der Waals surface area contributed by atoms with E-state index in [0.717, 1.165) is 18.2 Å². The lowest BCUT2D eigenvalue weighted by atomic mass is 10.1. The lowest BCUT2D eigenvalue weighted by Crippen LogP contribution is -2.19. The molecule has 1 rings (SSSR count). The predicted molar refractivity (Wildman–Crippen MR) is 47.3 cm³/mol. The Bertz CT molecular complexity index is 402. The van der Waals surface area contributed by atoms with Crippen molar-refractivity contribution >= 4 is 11.8 Å². The van der Waals surface area contributed by atoms with Gasteiger partial charge in [0.2, 0.25) is 0 Å². The van der Waals surface area contributed by atoms with Crippen LogP contribution in [0.5, 0.6) is 0 Å². The van der Waals surface area contributed by atoms with Crippen molar-refractivity contribution in [3.8, 4) is 0 Å². The molecule has 0 N–H and O–H groups in total. The fraction of sp³-hybridized carbons (Fsp3) is 0.200. The molecule has 0 bridgehead atoms. The molecule has 0 aromatic heterocycles. The van der Waals surface area contributed by atoms with Gasteiger partial charge in [0, 0.05) is 0 Å². The fourth-order valence-corrected chi connectivity index (χ4v) is 0.986. The van der Waals surface area contributed by atoms with Crippen LogP contribution in [0.3, 0.4) is 0 Å². The van der Waals surface area contributed by atoms with Gasteiger partial charge in [-0.05, 0) is 19.1 Å². The van der Waals surface area contributed by atoms with Gasteiger partial charge in [-0.1, -0.05) is 6.07 Å². The summed E-state index contributed by atoms with van der Waals surface area (Å²) >= 11 is 0. The molecule has 0 aliphatic carbocycles. The number of esters is 1. The largest absolute Gasteiger partial charge is 0.460 e. The minimum Gasteiger partial charge on any atom is -0.460 e. The maximum atomic E-state index is 13.0. The number of carbonyl (C=O) groups excluding carboxylic acids is 2. The van der Waals surface area contributed by atoms with Gasteiger partial charge >= 0.3 is 5.97 Å². The molecule has 0 heterocycles. The first kappa shape index (κ1) is 11.3. The molecule has 0 aliphatic heterocycles. The lowest BCUT2D eigenvalue weighted by molar-refractivity contribution is -0.137. The Morgan fingerprint density at radius 2 is 2.00 bits per heavy atom. The first-order valence-electron chi connectivity index (χ1n) is 4.23. The fourth-order valence-electron chi connectivity index (χ4n) is 0.986. The van der Waals surface area contributed by atoms with Crippen LogP contribution in [0.15, 0.2) is 18.2 Å². The van der Waals surface area contributed by atoms with Crippen molar-refractivity contribution in [1.82, 2.24) is 0 Å². The number of benzene rings is 1. The molecule has 80 valence electrons. The molecule has 1 aromatic rings. The van der Waals surface area contributed by atoms with E-state index >= 15 is 0 Å². The van der Waals surface area contributed by atoms with Gasteiger partial charge < -0.3 is 4.74 Å². The quantitative estimate of drug-likeness (QED) is 0.437.